The van der Waals surface area contributed by atoms with Crippen LogP contribution in [0.1, 0.15) is 56.7 Å². The molecule has 0 spiro atoms. The van der Waals surface area contributed by atoms with E-state index in [1.54, 1.807) is 0 Å². The molecule has 2 aliphatic carbocycles. The van der Waals surface area contributed by atoms with Gasteiger partial charge in [0.15, 0.2) is 0 Å². The van der Waals surface area contributed by atoms with Gasteiger partial charge in [-0.05, 0) is 44.4 Å². The second-order valence-electron chi connectivity index (χ2n) is 5.97. The molecule has 0 radical (unpaired) electrons. The summed E-state index contributed by atoms with van der Waals surface area (Å²) < 4.78 is 2.20. The highest BCUT2D eigenvalue weighted by Crippen LogP contribution is 2.29. The van der Waals surface area contributed by atoms with Crippen molar-refractivity contribution in [2.24, 2.45) is 0 Å². The molecular formula is C15H25N3S. The molecule has 0 amide bonds. The second kappa shape index (κ2) is 6.31. The van der Waals surface area contributed by atoms with Crippen LogP contribution in [0.15, 0.2) is 12.3 Å². The first kappa shape index (κ1) is 13.5. The average Bonchev–Trinajstić information content (AvgIpc) is 3.16. The highest BCUT2D eigenvalue weighted by atomic mass is 32.2. The molecule has 0 aromatic carbocycles. The zero-order chi connectivity index (χ0) is 13.1. The highest BCUT2D eigenvalue weighted by Gasteiger charge is 2.23. The van der Waals surface area contributed by atoms with Crippen molar-refractivity contribution in [3.8, 4) is 0 Å². The molecular weight excluding hydrogens is 254 g/mol. The summed E-state index contributed by atoms with van der Waals surface area (Å²) in [6.07, 6.45) is 13.8. The minimum atomic E-state index is 0.668. The minimum absolute atomic E-state index is 0.668. The monoisotopic (exact) mass is 279 g/mol. The van der Waals surface area contributed by atoms with Crippen LogP contribution in [0.5, 0.6) is 0 Å². The van der Waals surface area contributed by atoms with E-state index in [9.17, 15) is 0 Å². The number of thioether (sulfide) groups is 1. The molecule has 2 fully saturated rings. The van der Waals surface area contributed by atoms with Gasteiger partial charge in [-0.1, -0.05) is 12.8 Å². The van der Waals surface area contributed by atoms with Gasteiger partial charge < -0.3 is 5.32 Å². The summed E-state index contributed by atoms with van der Waals surface area (Å²) in [5.74, 6) is 0. The Morgan fingerprint density at radius 1 is 1.32 bits per heavy atom. The molecule has 1 aromatic heterocycles. The highest BCUT2D eigenvalue weighted by molar-refractivity contribution is 7.99. The van der Waals surface area contributed by atoms with Crippen LogP contribution in [0.4, 0.5) is 0 Å². The quantitative estimate of drug-likeness (QED) is 0.896. The average molecular weight is 279 g/mol. The lowest BCUT2D eigenvalue weighted by atomic mass is 10.2. The fourth-order valence-electron chi connectivity index (χ4n) is 3.43. The van der Waals surface area contributed by atoms with E-state index in [1.165, 1.54) is 50.6 Å². The van der Waals surface area contributed by atoms with Crippen LogP contribution in [0.25, 0.3) is 0 Å². The fraction of sp³-hybridized carbons (Fsp3) is 0.800. The zero-order valence-corrected chi connectivity index (χ0v) is 12.7. The van der Waals surface area contributed by atoms with Crippen molar-refractivity contribution in [3.63, 3.8) is 0 Å². The summed E-state index contributed by atoms with van der Waals surface area (Å²) >= 11 is 2.02. The van der Waals surface area contributed by atoms with Crippen molar-refractivity contribution in [1.82, 2.24) is 15.1 Å². The molecule has 2 unspecified atom stereocenters. The lowest BCUT2D eigenvalue weighted by molar-refractivity contribution is 0.455. The molecule has 1 aromatic rings. The lowest BCUT2D eigenvalue weighted by Gasteiger charge is -2.12. The normalized spacial score (nSPS) is 28.3. The SMILES string of the molecule is CSC1CCC(NCc2ccn(C3CCCC3)n2)C1. The standard InChI is InChI=1S/C15H25N3S/c1-19-15-7-6-12(10-15)16-11-13-8-9-18(17-13)14-4-2-3-5-14/h8-9,12,14-16H,2-7,10-11H2,1H3. The number of nitrogens with zero attached hydrogens (tertiary/aromatic N) is 2. The zero-order valence-electron chi connectivity index (χ0n) is 11.8. The third-order valence-electron chi connectivity index (χ3n) is 4.65. The molecule has 0 saturated heterocycles. The summed E-state index contributed by atoms with van der Waals surface area (Å²) in [6.45, 7) is 0.936. The number of rotatable bonds is 5. The molecule has 2 atom stereocenters. The molecule has 4 heteroatoms. The first-order chi connectivity index (χ1) is 9.35. The predicted octanol–water partition coefficient (Wildman–Crippen LogP) is 3.37. The van der Waals surface area contributed by atoms with Crippen molar-refractivity contribution in [2.75, 3.05) is 6.26 Å². The van der Waals surface area contributed by atoms with E-state index in [1.807, 2.05) is 11.8 Å². The van der Waals surface area contributed by atoms with Gasteiger partial charge in [-0.15, -0.1) is 0 Å². The van der Waals surface area contributed by atoms with Crippen molar-refractivity contribution in [1.29, 1.82) is 0 Å². The van der Waals surface area contributed by atoms with Gasteiger partial charge in [0, 0.05) is 24.0 Å². The Morgan fingerprint density at radius 3 is 2.89 bits per heavy atom. The summed E-state index contributed by atoms with van der Waals surface area (Å²) in [7, 11) is 0. The van der Waals surface area contributed by atoms with Crippen LogP contribution in [0.3, 0.4) is 0 Å². The van der Waals surface area contributed by atoms with Crippen LogP contribution >= 0.6 is 11.8 Å². The number of nitrogens with one attached hydrogen (secondary N) is 1. The Bertz CT molecular complexity index is 398. The third-order valence-corrected chi connectivity index (χ3v) is 5.75. The van der Waals surface area contributed by atoms with Crippen LogP contribution in [0.2, 0.25) is 0 Å². The molecule has 0 aliphatic heterocycles. The Balaban J connectivity index is 1.48. The van der Waals surface area contributed by atoms with Crippen molar-refractivity contribution in [3.05, 3.63) is 18.0 Å². The molecule has 2 aliphatic rings. The van der Waals surface area contributed by atoms with Crippen LogP contribution in [0, 0.1) is 0 Å². The molecule has 1 N–H and O–H groups in total. The third kappa shape index (κ3) is 3.34. The molecule has 1 heterocycles. The molecule has 2 saturated carbocycles. The summed E-state index contributed by atoms with van der Waals surface area (Å²) in [5, 5.41) is 9.29. The topological polar surface area (TPSA) is 29.9 Å². The number of hydrogen-bond donors (Lipinski definition) is 1. The molecule has 3 nitrogen and oxygen atoms in total. The van der Waals surface area contributed by atoms with Gasteiger partial charge in [0.05, 0.1) is 11.7 Å². The predicted molar refractivity (Wildman–Crippen MR) is 81.5 cm³/mol. The van der Waals surface area contributed by atoms with Crippen molar-refractivity contribution in [2.45, 2.75) is 68.8 Å². The van der Waals surface area contributed by atoms with Crippen LogP contribution in [-0.2, 0) is 6.54 Å². The van der Waals surface area contributed by atoms with Gasteiger partial charge in [0.1, 0.15) is 0 Å². The number of aromatic nitrogens is 2. The molecule has 3 rings (SSSR count). The largest absolute Gasteiger partial charge is 0.308 e. The maximum atomic E-state index is 4.74. The Kier molecular flexibility index (Phi) is 4.49. The van der Waals surface area contributed by atoms with Gasteiger partial charge in [-0.2, -0.15) is 16.9 Å². The van der Waals surface area contributed by atoms with Gasteiger partial charge in [0.2, 0.25) is 0 Å². The summed E-state index contributed by atoms with van der Waals surface area (Å²) in [5.41, 5.74) is 1.21. The first-order valence-corrected chi connectivity index (χ1v) is 8.94. The van der Waals surface area contributed by atoms with Gasteiger partial charge >= 0.3 is 0 Å². The minimum Gasteiger partial charge on any atom is -0.308 e. The van der Waals surface area contributed by atoms with E-state index in [2.05, 4.69) is 28.5 Å². The van der Waals surface area contributed by atoms with E-state index in [0.29, 0.717) is 12.1 Å². The van der Waals surface area contributed by atoms with E-state index >= 15 is 0 Å². The van der Waals surface area contributed by atoms with E-state index in [4.69, 9.17) is 5.10 Å². The summed E-state index contributed by atoms with van der Waals surface area (Å²) in [6, 6.07) is 3.56. The van der Waals surface area contributed by atoms with Crippen molar-refractivity contribution >= 4 is 11.8 Å². The second-order valence-corrected chi connectivity index (χ2v) is 7.11. The Hall–Kier alpha value is -0.480. The fourth-order valence-corrected chi connectivity index (χ4v) is 4.23. The molecule has 0 bridgehead atoms. The molecule has 19 heavy (non-hydrogen) atoms. The first-order valence-electron chi connectivity index (χ1n) is 7.65. The molecule has 106 valence electrons. The van der Waals surface area contributed by atoms with Crippen LogP contribution in [-0.4, -0.2) is 27.3 Å². The van der Waals surface area contributed by atoms with Crippen LogP contribution < -0.4 is 5.32 Å². The van der Waals surface area contributed by atoms with Gasteiger partial charge in [-0.25, -0.2) is 0 Å². The van der Waals surface area contributed by atoms with Gasteiger partial charge in [-0.3, -0.25) is 4.68 Å². The Morgan fingerprint density at radius 2 is 2.16 bits per heavy atom. The number of hydrogen-bond acceptors (Lipinski definition) is 3. The maximum Gasteiger partial charge on any atom is 0.0762 e. The lowest BCUT2D eigenvalue weighted by Crippen LogP contribution is -2.26. The smallest absolute Gasteiger partial charge is 0.0762 e. The van der Waals surface area contributed by atoms with Gasteiger partial charge in [0.25, 0.3) is 0 Å². The van der Waals surface area contributed by atoms with E-state index < -0.39 is 0 Å². The van der Waals surface area contributed by atoms with Crippen molar-refractivity contribution < 1.29 is 0 Å². The Labute approximate surface area is 120 Å². The summed E-state index contributed by atoms with van der Waals surface area (Å²) in [4.78, 5) is 0. The van der Waals surface area contributed by atoms with E-state index in [0.717, 1.165) is 11.8 Å². The maximum absolute atomic E-state index is 4.74. The van der Waals surface area contributed by atoms with E-state index in [-0.39, 0.29) is 0 Å².